The lowest BCUT2D eigenvalue weighted by molar-refractivity contribution is 0.0826. The Balaban J connectivity index is 2.08. The largest absolute Gasteiger partial charge is 0.288 e. The summed E-state index contributed by atoms with van der Waals surface area (Å²) in [5, 5.41) is 7.00. The van der Waals surface area contributed by atoms with Crippen LogP contribution in [0.4, 0.5) is 0 Å². The molecular formula is C20H10N2O4S2. The van der Waals surface area contributed by atoms with Crippen LogP contribution < -0.4 is 10.6 Å². The highest BCUT2D eigenvalue weighted by molar-refractivity contribution is 7.20. The maximum Gasteiger partial charge on any atom is 0.260 e. The molecule has 28 heavy (non-hydrogen) atoms. The summed E-state index contributed by atoms with van der Waals surface area (Å²) in [6.07, 6.45) is 0. The van der Waals surface area contributed by atoms with Gasteiger partial charge in [0, 0.05) is 40.7 Å². The van der Waals surface area contributed by atoms with E-state index in [4.69, 9.17) is 0 Å². The molecule has 2 aromatic carbocycles. The van der Waals surface area contributed by atoms with Crippen molar-refractivity contribution >= 4 is 77.2 Å². The van der Waals surface area contributed by atoms with Crippen LogP contribution in [0, 0.1) is 13.8 Å². The van der Waals surface area contributed by atoms with E-state index in [9.17, 15) is 19.2 Å². The van der Waals surface area contributed by atoms with Gasteiger partial charge in [-0.15, -0.1) is 22.7 Å². The monoisotopic (exact) mass is 406 g/mol. The molecule has 2 aliphatic rings. The van der Waals surface area contributed by atoms with Gasteiger partial charge in [0.2, 0.25) is 0 Å². The van der Waals surface area contributed by atoms with Gasteiger partial charge in [0.25, 0.3) is 23.6 Å². The Labute approximate surface area is 165 Å². The van der Waals surface area contributed by atoms with Gasteiger partial charge in [-0.25, -0.2) is 0 Å². The summed E-state index contributed by atoms with van der Waals surface area (Å²) in [6, 6.07) is 3.72. The molecule has 2 N–H and O–H groups in total. The molecule has 2 aliphatic heterocycles. The molecule has 0 radical (unpaired) electrons. The highest BCUT2D eigenvalue weighted by atomic mass is 32.1. The summed E-state index contributed by atoms with van der Waals surface area (Å²) in [5.74, 6) is -1.98. The Morgan fingerprint density at radius 3 is 1.36 bits per heavy atom. The molecule has 0 unspecified atom stereocenters. The molecule has 0 bridgehead atoms. The number of carbonyl (C=O) groups is 4. The lowest BCUT2D eigenvalue weighted by atomic mass is 9.84. The standard InChI is InChI=1S/C20H10N2O4S2/c1-5-3-7-9-11-12-10(18(24)22-19(25)13(12)15(7)27-5)8-4-6(2)28-16(8)14(11)20(26)21-17(9)23/h3-4H,1-2H3,(H,21,23,26)(H,22,24,25). The fraction of sp³-hybridized carbons (Fsp3) is 0.100. The minimum atomic E-state index is -0.496. The van der Waals surface area contributed by atoms with Crippen molar-refractivity contribution in [1.29, 1.82) is 0 Å². The average molecular weight is 406 g/mol. The molecule has 4 aromatic rings. The number of benzene rings is 2. The van der Waals surface area contributed by atoms with Crippen LogP contribution in [0.15, 0.2) is 12.1 Å². The first-order chi connectivity index (χ1) is 13.4. The zero-order valence-electron chi connectivity index (χ0n) is 14.6. The van der Waals surface area contributed by atoms with E-state index in [2.05, 4.69) is 10.6 Å². The number of imide groups is 2. The first kappa shape index (κ1) is 15.9. The van der Waals surface area contributed by atoms with Crippen molar-refractivity contribution in [2.24, 2.45) is 0 Å². The molecule has 0 atom stereocenters. The number of rotatable bonds is 0. The minimum Gasteiger partial charge on any atom is -0.288 e. The van der Waals surface area contributed by atoms with Gasteiger partial charge >= 0.3 is 0 Å². The van der Waals surface area contributed by atoms with Crippen LogP contribution in [0.3, 0.4) is 0 Å². The molecular weight excluding hydrogens is 396 g/mol. The Morgan fingerprint density at radius 1 is 0.607 bits per heavy atom. The van der Waals surface area contributed by atoms with Crippen molar-refractivity contribution in [2.45, 2.75) is 13.8 Å². The van der Waals surface area contributed by atoms with Crippen LogP contribution in [-0.4, -0.2) is 23.6 Å². The molecule has 2 aromatic heterocycles. The second kappa shape index (κ2) is 4.84. The predicted octanol–water partition coefficient (Wildman–Crippen LogP) is 3.65. The van der Waals surface area contributed by atoms with E-state index in [0.717, 1.165) is 9.75 Å². The zero-order valence-corrected chi connectivity index (χ0v) is 16.2. The molecule has 4 heterocycles. The number of amides is 4. The van der Waals surface area contributed by atoms with Gasteiger partial charge in [-0.1, -0.05) is 0 Å². The van der Waals surface area contributed by atoms with Crippen molar-refractivity contribution in [1.82, 2.24) is 10.6 Å². The minimum absolute atomic E-state index is 0.365. The van der Waals surface area contributed by atoms with E-state index in [0.29, 0.717) is 53.2 Å². The van der Waals surface area contributed by atoms with Gasteiger partial charge in [0.15, 0.2) is 0 Å². The molecule has 0 saturated carbocycles. The Morgan fingerprint density at radius 2 is 0.964 bits per heavy atom. The predicted molar refractivity (Wildman–Crippen MR) is 108 cm³/mol. The molecule has 0 saturated heterocycles. The zero-order chi connectivity index (χ0) is 19.5. The average Bonchev–Trinajstić information content (AvgIpc) is 3.17. The summed E-state index contributed by atoms with van der Waals surface area (Å²) in [7, 11) is 0. The highest BCUT2D eigenvalue weighted by Gasteiger charge is 2.39. The fourth-order valence-corrected chi connectivity index (χ4v) is 6.51. The smallest absolute Gasteiger partial charge is 0.260 e. The van der Waals surface area contributed by atoms with E-state index in [-0.39, 0.29) is 0 Å². The highest BCUT2D eigenvalue weighted by Crippen LogP contribution is 2.47. The van der Waals surface area contributed by atoms with Crippen LogP contribution >= 0.6 is 22.7 Å². The maximum absolute atomic E-state index is 12.8. The van der Waals surface area contributed by atoms with Crippen LogP contribution in [0.5, 0.6) is 0 Å². The number of carbonyl (C=O) groups excluding carboxylic acids is 4. The number of fused-ring (bicyclic) bond motifs is 6. The third kappa shape index (κ3) is 1.68. The van der Waals surface area contributed by atoms with Crippen molar-refractivity contribution in [3.8, 4) is 0 Å². The number of hydrogen-bond donors (Lipinski definition) is 2. The second-order valence-corrected chi connectivity index (χ2v) is 9.53. The summed E-state index contributed by atoms with van der Waals surface area (Å²) in [6.45, 7) is 3.80. The van der Waals surface area contributed by atoms with Gasteiger partial charge in [0.05, 0.1) is 22.3 Å². The van der Waals surface area contributed by atoms with Gasteiger partial charge in [-0.05, 0) is 26.0 Å². The van der Waals surface area contributed by atoms with Crippen LogP contribution in [0.2, 0.25) is 0 Å². The first-order valence-electron chi connectivity index (χ1n) is 8.54. The quantitative estimate of drug-likeness (QED) is 0.436. The third-order valence-electron chi connectivity index (χ3n) is 5.32. The third-order valence-corrected chi connectivity index (χ3v) is 7.45. The van der Waals surface area contributed by atoms with Gasteiger partial charge < -0.3 is 0 Å². The fourth-order valence-electron chi connectivity index (χ4n) is 4.38. The summed E-state index contributed by atoms with van der Waals surface area (Å²) >= 11 is 2.81. The Kier molecular flexibility index (Phi) is 2.75. The molecule has 0 spiro atoms. The Hall–Kier alpha value is -3.10. The molecule has 4 amide bonds. The van der Waals surface area contributed by atoms with Gasteiger partial charge in [-0.2, -0.15) is 0 Å². The number of aryl methyl sites for hydroxylation is 2. The van der Waals surface area contributed by atoms with E-state index in [1.165, 1.54) is 22.7 Å². The summed E-state index contributed by atoms with van der Waals surface area (Å²) in [5.41, 5.74) is 1.47. The van der Waals surface area contributed by atoms with Crippen molar-refractivity contribution < 1.29 is 19.2 Å². The summed E-state index contributed by atoms with van der Waals surface area (Å²) < 4.78 is 1.32. The molecule has 6 rings (SSSR count). The Bertz CT molecular complexity index is 1290. The van der Waals surface area contributed by atoms with Gasteiger partial charge in [0.1, 0.15) is 0 Å². The van der Waals surface area contributed by atoms with Crippen molar-refractivity contribution in [3.63, 3.8) is 0 Å². The van der Waals surface area contributed by atoms with Crippen LogP contribution in [0.1, 0.15) is 51.2 Å². The van der Waals surface area contributed by atoms with E-state index >= 15 is 0 Å². The van der Waals surface area contributed by atoms with E-state index in [1.807, 2.05) is 26.0 Å². The van der Waals surface area contributed by atoms with Crippen molar-refractivity contribution in [2.75, 3.05) is 0 Å². The topological polar surface area (TPSA) is 92.3 Å². The number of nitrogens with one attached hydrogen (secondary N) is 2. The molecule has 136 valence electrons. The second-order valence-electron chi connectivity index (χ2n) is 7.02. The number of hydrogen-bond acceptors (Lipinski definition) is 6. The molecule has 6 nitrogen and oxygen atoms in total. The van der Waals surface area contributed by atoms with E-state index < -0.39 is 23.6 Å². The maximum atomic E-state index is 12.8. The normalized spacial score (nSPS) is 15.6. The number of thiophene rings is 2. The molecule has 0 aliphatic carbocycles. The van der Waals surface area contributed by atoms with Crippen LogP contribution in [0.25, 0.3) is 30.9 Å². The van der Waals surface area contributed by atoms with Crippen molar-refractivity contribution in [3.05, 3.63) is 44.1 Å². The molecule has 8 heteroatoms. The van der Waals surface area contributed by atoms with Crippen LogP contribution in [-0.2, 0) is 0 Å². The first-order valence-corrected chi connectivity index (χ1v) is 10.2. The SMILES string of the molecule is Cc1cc2c3c4c(c5sc(C)cc5c5c4c(c2s1)C(=O)NC5=O)C(=O)NC3=O. The van der Waals surface area contributed by atoms with Gasteiger partial charge in [-0.3, -0.25) is 29.8 Å². The summed E-state index contributed by atoms with van der Waals surface area (Å²) in [4.78, 5) is 53.2. The molecule has 0 fully saturated rings. The lowest BCUT2D eigenvalue weighted by Crippen LogP contribution is -2.39. The van der Waals surface area contributed by atoms with E-state index in [1.54, 1.807) is 0 Å². The lowest BCUT2D eigenvalue weighted by Gasteiger charge is -2.25.